The molecule has 2 aromatic carbocycles. The van der Waals surface area contributed by atoms with E-state index in [1.54, 1.807) is 6.92 Å². The van der Waals surface area contributed by atoms with E-state index in [4.69, 9.17) is 9.31 Å². The summed E-state index contributed by atoms with van der Waals surface area (Å²) >= 11 is 0. The number of hydrogen-bond donors (Lipinski definition) is 1. The van der Waals surface area contributed by atoms with Gasteiger partial charge < -0.3 is 14.6 Å². The van der Waals surface area contributed by atoms with Crippen molar-refractivity contribution in [2.45, 2.75) is 58.8 Å². The summed E-state index contributed by atoms with van der Waals surface area (Å²) in [5.41, 5.74) is 3.91. The van der Waals surface area contributed by atoms with E-state index < -0.39 is 18.3 Å². The molecule has 1 heterocycles. The van der Waals surface area contributed by atoms with Gasteiger partial charge in [0, 0.05) is 11.6 Å². The number of nitrogens with one attached hydrogen (secondary N) is 1. The smallest absolute Gasteiger partial charge is 0.399 e. The maximum absolute atomic E-state index is 9.69. The van der Waals surface area contributed by atoms with Crippen LogP contribution in [-0.2, 0) is 9.31 Å². The third-order valence-electron chi connectivity index (χ3n) is 6.19. The molecule has 160 valence electrons. The molecule has 1 N–H and O–H groups in total. The van der Waals surface area contributed by atoms with E-state index in [0.717, 1.165) is 22.3 Å². The fourth-order valence-electron chi connectivity index (χ4n) is 3.50. The highest BCUT2D eigenvalue weighted by atomic mass is 16.7. The molecule has 3 rings (SSSR count). The molecule has 0 bridgehead atoms. The van der Waals surface area contributed by atoms with Gasteiger partial charge in [0.1, 0.15) is 0 Å². The Labute approximate surface area is 185 Å². The molecular weight excluding hydrogens is 385 g/mol. The van der Waals surface area contributed by atoms with Gasteiger partial charge in [-0.15, -0.1) is 0 Å². The Morgan fingerprint density at radius 3 is 2.26 bits per heavy atom. The number of nitrogens with zero attached hydrogens (tertiary/aromatic N) is 2. The van der Waals surface area contributed by atoms with Crippen molar-refractivity contribution < 1.29 is 9.31 Å². The molecule has 31 heavy (non-hydrogen) atoms. The molecule has 1 unspecified atom stereocenters. The van der Waals surface area contributed by atoms with Crippen LogP contribution >= 0.6 is 0 Å². The third-order valence-corrected chi connectivity index (χ3v) is 6.19. The van der Waals surface area contributed by atoms with Crippen molar-refractivity contribution in [1.29, 1.82) is 5.26 Å². The molecule has 0 aromatic heterocycles. The summed E-state index contributed by atoms with van der Waals surface area (Å²) in [4.78, 5) is 4.20. The highest BCUT2D eigenvalue weighted by Gasteiger charge is 2.51. The Morgan fingerprint density at radius 1 is 1.10 bits per heavy atom. The van der Waals surface area contributed by atoms with Gasteiger partial charge in [0.25, 0.3) is 0 Å². The standard InChI is InChI=1S/C25H30BN3O2/c1-17(16-27)23(29-18(2)19-11-9-8-10-12-19)21-15-20(13-14-22(21)28-7)26-30-24(3,4)25(5,6)31-26/h8-15,18,29H,7H2,1-6H3/b23-17-. The summed E-state index contributed by atoms with van der Waals surface area (Å²) in [5, 5.41) is 13.2. The number of allylic oxidation sites excluding steroid dienone is 1. The van der Waals surface area contributed by atoms with Gasteiger partial charge in [-0.2, -0.15) is 5.26 Å². The molecule has 0 saturated carbocycles. The van der Waals surface area contributed by atoms with Gasteiger partial charge in [0.15, 0.2) is 0 Å². The van der Waals surface area contributed by atoms with Crippen LogP contribution in [0.2, 0.25) is 0 Å². The predicted molar refractivity (Wildman–Crippen MR) is 128 cm³/mol. The van der Waals surface area contributed by atoms with E-state index in [-0.39, 0.29) is 6.04 Å². The van der Waals surface area contributed by atoms with E-state index in [1.165, 1.54) is 0 Å². The molecular formula is C25H30BN3O2. The summed E-state index contributed by atoms with van der Waals surface area (Å²) in [7, 11) is -0.502. The third kappa shape index (κ3) is 4.58. The van der Waals surface area contributed by atoms with E-state index in [2.05, 4.69) is 42.2 Å². The van der Waals surface area contributed by atoms with Crippen molar-refractivity contribution >= 4 is 30.7 Å². The zero-order valence-electron chi connectivity index (χ0n) is 19.2. The number of hydrogen-bond acceptors (Lipinski definition) is 5. The lowest BCUT2D eigenvalue weighted by atomic mass is 9.77. The maximum atomic E-state index is 9.69. The molecule has 0 amide bonds. The van der Waals surface area contributed by atoms with Gasteiger partial charge in [0.05, 0.1) is 34.2 Å². The van der Waals surface area contributed by atoms with E-state index in [0.29, 0.717) is 11.3 Å². The van der Waals surface area contributed by atoms with Gasteiger partial charge >= 0.3 is 7.12 Å². The van der Waals surface area contributed by atoms with Crippen molar-refractivity contribution in [3.63, 3.8) is 0 Å². The minimum atomic E-state index is -0.502. The monoisotopic (exact) mass is 415 g/mol. The average molecular weight is 415 g/mol. The summed E-state index contributed by atoms with van der Waals surface area (Å²) < 4.78 is 12.5. The molecule has 1 atom stereocenters. The SMILES string of the molecule is C=Nc1ccc(B2OC(C)(C)C(C)(C)O2)cc1/C(NC(C)c1ccccc1)=C(\C)C#N. The second-order valence-electron chi connectivity index (χ2n) is 8.91. The molecule has 0 spiro atoms. The largest absolute Gasteiger partial charge is 0.494 e. The summed E-state index contributed by atoms with van der Waals surface area (Å²) in [5.74, 6) is 0. The van der Waals surface area contributed by atoms with Crippen molar-refractivity contribution in [1.82, 2.24) is 5.32 Å². The lowest BCUT2D eigenvalue weighted by Crippen LogP contribution is -2.41. The maximum Gasteiger partial charge on any atom is 0.494 e. The first-order chi connectivity index (χ1) is 14.6. The summed E-state index contributed by atoms with van der Waals surface area (Å²) in [6.07, 6.45) is 0. The first-order valence-corrected chi connectivity index (χ1v) is 10.5. The van der Waals surface area contributed by atoms with E-state index in [9.17, 15) is 5.26 Å². The molecule has 5 nitrogen and oxygen atoms in total. The van der Waals surface area contributed by atoms with Crippen LogP contribution in [0.15, 0.2) is 59.1 Å². The van der Waals surface area contributed by atoms with Crippen LogP contribution in [0.25, 0.3) is 5.70 Å². The predicted octanol–water partition coefficient (Wildman–Crippen LogP) is 4.92. The fourth-order valence-corrected chi connectivity index (χ4v) is 3.50. The van der Waals surface area contributed by atoms with Gasteiger partial charge in [-0.25, -0.2) is 0 Å². The Kier molecular flexibility index (Phi) is 6.40. The van der Waals surface area contributed by atoms with E-state index >= 15 is 0 Å². The fraction of sp³-hybridized carbons (Fsp3) is 0.360. The lowest BCUT2D eigenvalue weighted by molar-refractivity contribution is 0.00578. The topological polar surface area (TPSA) is 66.6 Å². The van der Waals surface area contributed by atoms with Gasteiger partial charge in [0.2, 0.25) is 0 Å². The normalized spacial score (nSPS) is 18.7. The second kappa shape index (κ2) is 8.70. The van der Waals surface area contributed by atoms with Crippen LogP contribution in [0.3, 0.4) is 0 Å². The molecule has 0 radical (unpaired) electrons. The highest BCUT2D eigenvalue weighted by Crippen LogP contribution is 2.37. The van der Waals surface area contributed by atoms with Gasteiger partial charge in [-0.1, -0.05) is 42.5 Å². The zero-order chi connectivity index (χ0) is 22.8. The Bertz CT molecular complexity index is 1020. The second-order valence-corrected chi connectivity index (χ2v) is 8.91. The lowest BCUT2D eigenvalue weighted by Gasteiger charge is -2.32. The Morgan fingerprint density at radius 2 is 1.71 bits per heavy atom. The first-order valence-electron chi connectivity index (χ1n) is 10.5. The Hall–Kier alpha value is -2.88. The molecule has 1 fully saturated rings. The van der Waals surface area contributed by atoms with Crippen molar-refractivity contribution in [2.24, 2.45) is 4.99 Å². The van der Waals surface area contributed by atoms with Crippen LogP contribution in [0, 0.1) is 11.3 Å². The first kappa shape index (κ1) is 22.8. The highest BCUT2D eigenvalue weighted by molar-refractivity contribution is 6.62. The number of nitriles is 1. The van der Waals surface area contributed by atoms with Crippen molar-refractivity contribution in [3.05, 3.63) is 65.2 Å². The van der Waals surface area contributed by atoms with Crippen LogP contribution in [0.4, 0.5) is 5.69 Å². The van der Waals surface area contributed by atoms with Crippen molar-refractivity contribution in [2.75, 3.05) is 0 Å². The van der Waals surface area contributed by atoms with Gasteiger partial charge in [-0.05, 0) is 65.4 Å². The van der Waals surface area contributed by atoms with Crippen LogP contribution < -0.4 is 10.8 Å². The van der Waals surface area contributed by atoms with Gasteiger partial charge in [-0.3, -0.25) is 4.99 Å². The molecule has 1 saturated heterocycles. The van der Waals surface area contributed by atoms with E-state index in [1.807, 2.05) is 64.1 Å². The minimum Gasteiger partial charge on any atom is -0.399 e. The minimum absolute atomic E-state index is 0.00216. The van der Waals surface area contributed by atoms with Crippen LogP contribution in [0.1, 0.15) is 58.7 Å². The molecule has 1 aliphatic rings. The number of rotatable bonds is 6. The quantitative estimate of drug-likeness (QED) is 0.413. The molecule has 1 aliphatic heterocycles. The summed E-state index contributed by atoms with van der Waals surface area (Å²) in [6.45, 7) is 15.7. The zero-order valence-corrected chi connectivity index (χ0v) is 19.2. The average Bonchev–Trinajstić information content (AvgIpc) is 2.98. The number of aliphatic imine (C=N–C) groups is 1. The Balaban J connectivity index is 2.03. The van der Waals surface area contributed by atoms with Crippen LogP contribution in [-0.4, -0.2) is 25.0 Å². The van der Waals surface area contributed by atoms with Crippen molar-refractivity contribution in [3.8, 4) is 6.07 Å². The number of benzene rings is 2. The molecule has 0 aliphatic carbocycles. The molecule has 6 heteroatoms. The molecule has 2 aromatic rings. The summed E-state index contributed by atoms with van der Waals surface area (Å²) in [6, 6.07) is 18.2. The van der Waals surface area contributed by atoms with Crippen LogP contribution in [0.5, 0.6) is 0 Å².